The highest BCUT2D eigenvalue weighted by molar-refractivity contribution is 7.86. The number of carbonyl (C=O) groups is 4. The smallest absolute Gasteiger partial charge is 0.338 e. The molecule has 1 saturated heterocycles. The number of piperazine rings is 1. The number of halogens is 2. The Morgan fingerprint density at radius 2 is 1.68 bits per heavy atom. The summed E-state index contributed by atoms with van der Waals surface area (Å²) in [6.45, 7) is 1.72. The Bertz CT molecular complexity index is 3550. The van der Waals surface area contributed by atoms with Crippen molar-refractivity contribution >= 4 is 78.1 Å². The number of amidine groups is 1. The number of benzene rings is 4. The van der Waals surface area contributed by atoms with Crippen LogP contribution in [-0.4, -0.2) is 122 Å². The summed E-state index contributed by atoms with van der Waals surface area (Å²) in [5.41, 5.74) is 5.12. The summed E-state index contributed by atoms with van der Waals surface area (Å²) in [4.78, 5) is 64.0. The minimum Gasteiger partial charge on any atom is -0.478 e. The van der Waals surface area contributed by atoms with E-state index in [9.17, 15) is 54.6 Å². The molecule has 1 aromatic heterocycles. The standard InChI is InChI=1S/C47H42ClFN8O13S2/c1-69-47(62)38-35(54-44(34-5-2-3-15-52-34)55-39(38)27-10-8-25(49)22-31(27)48)23-56-17-19-57(20-18-56)36(58)6-4-16-53-45(59)24-7-9-26(30(21-24)46(60)61)37-28-11-13-32(50)42(71(63,64)65)40(28)70-41-29(37)12-14-33(51)43(41)72(66,67)68/h2-3,5,7-15,21-22,39,50H,4,6,16-20,23,51H2,1H3,(H,53,59)(H,54,55)(H,60,61)(H,63,64,65)(H,66,67,68)/p+1. The predicted octanol–water partition coefficient (Wildman–Crippen LogP) is 2.70. The van der Waals surface area contributed by atoms with Crippen LogP contribution in [0.25, 0.3) is 33.4 Å². The van der Waals surface area contributed by atoms with Gasteiger partial charge in [-0.05, 0) is 66.6 Å². The van der Waals surface area contributed by atoms with Crippen molar-refractivity contribution in [1.29, 1.82) is 0 Å². The molecule has 2 amide bonds. The first-order valence-corrected chi connectivity index (χ1v) is 25.0. The lowest BCUT2D eigenvalue weighted by molar-refractivity contribution is -0.176. The van der Waals surface area contributed by atoms with E-state index >= 15 is 0 Å². The number of fused-ring (bicyclic) bond motifs is 2. The van der Waals surface area contributed by atoms with Gasteiger partial charge in [0.05, 0.1) is 23.9 Å². The van der Waals surface area contributed by atoms with Gasteiger partial charge in [-0.25, -0.2) is 14.0 Å². The normalized spacial score (nSPS) is 15.5. The number of nitrogen functional groups attached to an aromatic ring is 1. The molecule has 4 heterocycles. The predicted molar refractivity (Wildman–Crippen MR) is 256 cm³/mol. The van der Waals surface area contributed by atoms with Crippen LogP contribution < -0.4 is 27.1 Å². The van der Waals surface area contributed by atoms with Crippen LogP contribution in [0.1, 0.15) is 50.9 Å². The van der Waals surface area contributed by atoms with E-state index in [0.717, 1.165) is 24.3 Å². The Morgan fingerprint density at radius 3 is 2.33 bits per heavy atom. The van der Waals surface area contributed by atoms with E-state index in [1.807, 2.05) is 4.90 Å². The van der Waals surface area contributed by atoms with Gasteiger partial charge in [-0.2, -0.15) is 16.8 Å². The summed E-state index contributed by atoms with van der Waals surface area (Å²) >= 11 is 6.49. The molecule has 0 saturated carbocycles. The van der Waals surface area contributed by atoms with Gasteiger partial charge in [-0.15, -0.1) is 0 Å². The van der Waals surface area contributed by atoms with Gasteiger partial charge in [-0.1, -0.05) is 29.8 Å². The monoisotopic (exact) mass is 1050 g/mol. The number of methoxy groups -OCH3 is 1. The maximum Gasteiger partial charge on any atom is 0.338 e. The van der Waals surface area contributed by atoms with E-state index in [0.29, 0.717) is 49.0 Å². The highest BCUT2D eigenvalue weighted by Crippen LogP contribution is 2.46. The first-order valence-electron chi connectivity index (χ1n) is 21.7. The van der Waals surface area contributed by atoms with Crippen LogP contribution in [0.4, 0.5) is 10.1 Å². The third kappa shape index (κ3) is 10.3. The van der Waals surface area contributed by atoms with Gasteiger partial charge in [-0.3, -0.25) is 39.0 Å². The van der Waals surface area contributed by atoms with Crippen molar-refractivity contribution in [3.63, 3.8) is 0 Å². The number of rotatable bonds is 14. The first-order chi connectivity index (χ1) is 34.2. The van der Waals surface area contributed by atoms with Crippen LogP contribution in [0, 0.1) is 5.82 Å². The summed E-state index contributed by atoms with van der Waals surface area (Å²) in [6, 6.07) is 16.4. The van der Waals surface area contributed by atoms with E-state index in [1.165, 1.54) is 43.5 Å². The van der Waals surface area contributed by atoms with Crippen molar-refractivity contribution in [1.82, 2.24) is 25.4 Å². The number of nitrogens with one attached hydrogen (secondary N) is 2. The number of carbonyl (C=O) groups excluding carboxylic acids is 3. The second-order valence-electron chi connectivity index (χ2n) is 16.5. The van der Waals surface area contributed by atoms with Gasteiger partial charge in [0.2, 0.25) is 16.2 Å². The number of esters is 1. The second-order valence-corrected chi connectivity index (χ2v) is 19.6. The SMILES string of the molecule is COC(=O)C1=C(CN2CCN(C(=O)CCCNC(=O)c3ccc(-c4c5ccc(=[NH2+])c(S(=O)(=O)O)c-5oc5c(S(=O)(=O)O)c(N)ccc45)c(C(=O)O)c3)CC2)NC(c2ccccn2)=NC1c1ccc(F)cc1Cl. The number of anilines is 1. The number of nitrogens with two attached hydrogens (primary N) is 2. The molecule has 3 aliphatic heterocycles. The molecule has 9 N–H and O–H groups in total. The lowest BCUT2D eigenvalue weighted by Gasteiger charge is -2.36. The maximum absolute atomic E-state index is 14.1. The molecule has 4 aromatic rings. The number of aliphatic imine (C=N–C) groups is 1. The number of hydrogen-bond acceptors (Lipinski definition) is 15. The Kier molecular flexibility index (Phi) is 14.3. The number of pyridine rings is 1. The zero-order chi connectivity index (χ0) is 51.8. The molecular formula is C47H43ClFN8O13S2+. The number of carboxylic acids is 1. The quantitative estimate of drug-likeness (QED) is 0.0271. The molecule has 25 heteroatoms. The van der Waals surface area contributed by atoms with E-state index < -0.39 is 87.7 Å². The summed E-state index contributed by atoms with van der Waals surface area (Å²) < 4.78 is 95.5. The van der Waals surface area contributed by atoms with Crippen LogP contribution in [0.15, 0.2) is 116 Å². The Labute approximate surface area is 414 Å². The third-order valence-electron chi connectivity index (χ3n) is 12.0. The number of nitrogens with zero attached hydrogens (tertiary/aromatic N) is 4. The fourth-order valence-corrected chi connectivity index (χ4v) is 10.4. The molecule has 0 spiro atoms. The summed E-state index contributed by atoms with van der Waals surface area (Å²) in [5.74, 6) is -4.02. The van der Waals surface area contributed by atoms with E-state index in [2.05, 4.69) is 15.6 Å². The summed E-state index contributed by atoms with van der Waals surface area (Å²) in [7, 11) is -9.11. The molecule has 1 aliphatic carbocycles. The van der Waals surface area contributed by atoms with E-state index in [4.69, 9.17) is 36.9 Å². The molecule has 72 heavy (non-hydrogen) atoms. The maximum atomic E-state index is 14.1. The molecule has 374 valence electrons. The van der Waals surface area contributed by atoms with Crippen molar-refractivity contribution in [2.75, 3.05) is 52.1 Å². The van der Waals surface area contributed by atoms with Crippen molar-refractivity contribution < 1.29 is 69.2 Å². The second kappa shape index (κ2) is 20.2. The van der Waals surface area contributed by atoms with Crippen LogP contribution in [-0.2, 0) is 34.6 Å². The number of carboxylic acid groups (broad SMARTS) is 1. The van der Waals surface area contributed by atoms with Gasteiger partial charge < -0.3 is 35.5 Å². The molecule has 1 atom stereocenters. The van der Waals surface area contributed by atoms with E-state index in [-0.39, 0.29) is 70.1 Å². The zero-order valence-electron chi connectivity index (χ0n) is 37.8. The Morgan fingerprint density at radius 1 is 0.958 bits per heavy atom. The van der Waals surface area contributed by atoms with E-state index in [1.54, 1.807) is 29.3 Å². The number of ether oxygens (including phenoxy) is 1. The van der Waals surface area contributed by atoms with Crippen molar-refractivity contribution in [3.8, 4) is 22.5 Å². The number of aromatic carboxylic acids is 1. The number of amides is 2. The highest BCUT2D eigenvalue weighted by Gasteiger charge is 2.36. The third-order valence-corrected chi connectivity index (χ3v) is 14.2. The molecular weight excluding hydrogens is 1000 g/mol. The number of hydrogen-bond donors (Lipinski definition) is 7. The molecule has 0 radical (unpaired) electrons. The summed E-state index contributed by atoms with van der Waals surface area (Å²) in [5, 5.41) is 21.7. The average molecular weight is 1050 g/mol. The van der Waals surface area contributed by atoms with Gasteiger partial charge in [0.1, 0.15) is 17.6 Å². The van der Waals surface area contributed by atoms with Gasteiger partial charge in [0, 0.05) is 96.3 Å². The average Bonchev–Trinajstić information content (AvgIpc) is 3.33. The van der Waals surface area contributed by atoms with Crippen LogP contribution in [0.2, 0.25) is 5.02 Å². The van der Waals surface area contributed by atoms with Crippen LogP contribution in [0.5, 0.6) is 0 Å². The molecule has 4 aliphatic rings. The van der Waals surface area contributed by atoms with Crippen LogP contribution in [0.3, 0.4) is 0 Å². The first kappa shape index (κ1) is 50.8. The minimum atomic E-state index is -5.18. The van der Waals surface area contributed by atoms with Gasteiger partial charge in [0.25, 0.3) is 16.0 Å². The molecule has 1 unspecified atom stereocenters. The zero-order valence-corrected chi connectivity index (χ0v) is 40.1. The van der Waals surface area contributed by atoms with Crippen LogP contribution >= 0.6 is 11.6 Å². The lowest BCUT2D eigenvalue weighted by Crippen LogP contribution is -2.50. The largest absolute Gasteiger partial charge is 0.478 e. The minimum absolute atomic E-state index is 0.0132. The fraction of sp³-hybridized carbons (Fsp3) is 0.213. The molecule has 1 fully saturated rings. The topological polar surface area (TPSA) is 327 Å². The summed E-state index contributed by atoms with van der Waals surface area (Å²) in [6.07, 6.45) is 1.85. The highest BCUT2D eigenvalue weighted by atomic mass is 35.5. The Hall–Kier alpha value is -7.61. The van der Waals surface area contributed by atoms with Crippen molar-refractivity contribution in [3.05, 3.63) is 135 Å². The molecule has 0 bridgehead atoms. The number of aromatic nitrogens is 1. The molecule has 8 rings (SSSR count). The van der Waals surface area contributed by atoms with Crippen molar-refractivity contribution in [2.24, 2.45) is 4.99 Å². The lowest BCUT2D eigenvalue weighted by atomic mass is 9.89. The Balaban J connectivity index is 0.952. The molecule has 21 nitrogen and oxygen atoms in total. The van der Waals surface area contributed by atoms with Gasteiger partial charge >= 0.3 is 22.1 Å². The van der Waals surface area contributed by atoms with Crippen molar-refractivity contribution in [2.45, 2.75) is 28.7 Å². The molecule has 3 aromatic carbocycles. The van der Waals surface area contributed by atoms with Gasteiger partial charge in [0.15, 0.2) is 22.1 Å². The fourth-order valence-electron chi connectivity index (χ4n) is 8.63.